The number of hydrogen-bond donors (Lipinski definition) is 0. The van der Waals surface area contributed by atoms with Crippen molar-refractivity contribution in [2.24, 2.45) is 0 Å². The molecule has 4 rings (SSSR count). The number of hydrogen-bond acceptors (Lipinski definition) is 5. The van der Waals surface area contributed by atoms with Gasteiger partial charge < -0.3 is 9.32 Å². The van der Waals surface area contributed by atoms with Crippen LogP contribution in [0.4, 0.5) is 4.39 Å². The van der Waals surface area contributed by atoms with Crippen molar-refractivity contribution >= 4 is 17.7 Å². The highest BCUT2D eigenvalue weighted by atomic mass is 32.2. The molecule has 1 aliphatic rings. The van der Waals surface area contributed by atoms with Gasteiger partial charge in [0.15, 0.2) is 0 Å². The van der Waals surface area contributed by atoms with Crippen LogP contribution in [-0.2, 0) is 4.79 Å². The molecule has 0 aliphatic carbocycles. The van der Waals surface area contributed by atoms with Crippen LogP contribution in [0.1, 0.15) is 23.7 Å². The summed E-state index contributed by atoms with van der Waals surface area (Å²) < 4.78 is 18.8. The maximum atomic E-state index is 13.1. The normalized spacial score (nSPS) is 15.1. The fourth-order valence-corrected chi connectivity index (χ4v) is 4.02. The van der Waals surface area contributed by atoms with Crippen LogP contribution >= 0.6 is 11.8 Å². The van der Waals surface area contributed by atoms with E-state index in [1.165, 1.54) is 23.9 Å². The number of carbonyl (C=O) groups is 1. The van der Waals surface area contributed by atoms with Gasteiger partial charge >= 0.3 is 0 Å². The Balaban J connectivity index is 1.58. The summed E-state index contributed by atoms with van der Waals surface area (Å²) in [5.74, 6) is 0.0383. The van der Waals surface area contributed by atoms with E-state index in [9.17, 15) is 9.18 Å². The second kappa shape index (κ2) is 7.92. The van der Waals surface area contributed by atoms with Crippen LogP contribution in [0.25, 0.3) is 11.5 Å². The Morgan fingerprint density at radius 3 is 2.44 bits per heavy atom. The number of thioether (sulfide) groups is 1. The van der Waals surface area contributed by atoms with Crippen molar-refractivity contribution in [3.05, 3.63) is 66.0 Å². The second-order valence-electron chi connectivity index (χ2n) is 6.32. The predicted molar refractivity (Wildman–Crippen MR) is 101 cm³/mol. The number of aromatic nitrogens is 2. The molecule has 1 aromatic heterocycles. The van der Waals surface area contributed by atoms with Crippen molar-refractivity contribution in [1.82, 2.24) is 15.1 Å². The Labute approximate surface area is 160 Å². The van der Waals surface area contributed by atoms with Crippen LogP contribution in [-0.4, -0.2) is 34.1 Å². The largest absolute Gasteiger partial charge is 0.411 e. The summed E-state index contributed by atoms with van der Waals surface area (Å²) in [4.78, 5) is 14.9. The van der Waals surface area contributed by atoms with E-state index in [1.54, 1.807) is 12.1 Å². The summed E-state index contributed by atoms with van der Waals surface area (Å²) in [6, 6.07) is 15.5. The van der Waals surface area contributed by atoms with Gasteiger partial charge in [-0.05, 0) is 54.4 Å². The van der Waals surface area contributed by atoms with Crippen molar-refractivity contribution in [2.75, 3.05) is 13.1 Å². The first kappa shape index (κ1) is 17.7. The van der Waals surface area contributed by atoms with Crippen molar-refractivity contribution in [2.45, 2.75) is 23.3 Å². The van der Waals surface area contributed by atoms with E-state index in [1.807, 2.05) is 35.2 Å². The zero-order chi connectivity index (χ0) is 18.6. The zero-order valence-corrected chi connectivity index (χ0v) is 15.4. The van der Waals surface area contributed by atoms with Crippen molar-refractivity contribution in [3.63, 3.8) is 0 Å². The molecule has 1 amide bonds. The number of amides is 1. The van der Waals surface area contributed by atoms with Gasteiger partial charge in [-0.3, -0.25) is 4.79 Å². The lowest BCUT2D eigenvalue weighted by atomic mass is 10.1. The van der Waals surface area contributed by atoms with E-state index < -0.39 is 5.25 Å². The molecule has 0 saturated carbocycles. The predicted octanol–water partition coefficient (Wildman–Crippen LogP) is 4.33. The molecule has 7 heteroatoms. The number of likely N-dealkylation sites (tertiary alicyclic amines) is 1. The number of benzene rings is 2. The van der Waals surface area contributed by atoms with Gasteiger partial charge in [0.05, 0.1) is 0 Å². The van der Waals surface area contributed by atoms with E-state index in [0.29, 0.717) is 16.7 Å². The summed E-state index contributed by atoms with van der Waals surface area (Å²) in [6.45, 7) is 1.57. The maximum Gasteiger partial charge on any atom is 0.277 e. The monoisotopic (exact) mass is 383 g/mol. The van der Waals surface area contributed by atoms with Crippen molar-refractivity contribution in [1.29, 1.82) is 0 Å². The molecule has 27 heavy (non-hydrogen) atoms. The van der Waals surface area contributed by atoms with Gasteiger partial charge in [-0.15, -0.1) is 10.2 Å². The fraction of sp³-hybridized carbons (Fsp3) is 0.250. The van der Waals surface area contributed by atoms with E-state index in [4.69, 9.17) is 4.42 Å². The van der Waals surface area contributed by atoms with Gasteiger partial charge in [-0.25, -0.2) is 4.39 Å². The first-order chi connectivity index (χ1) is 13.2. The van der Waals surface area contributed by atoms with Crippen molar-refractivity contribution in [3.8, 4) is 11.5 Å². The Morgan fingerprint density at radius 2 is 1.74 bits per heavy atom. The minimum Gasteiger partial charge on any atom is -0.411 e. The molecule has 2 aromatic carbocycles. The average molecular weight is 383 g/mol. The molecule has 1 atom stereocenters. The third-order valence-electron chi connectivity index (χ3n) is 4.46. The molecule has 0 unspecified atom stereocenters. The molecule has 0 spiro atoms. The standard InChI is InChI=1S/C20H18FN3O2S/c21-16-10-8-15(9-11-16)18-22-23-20(26-18)27-17(14-6-2-1-3-7-14)19(25)24-12-4-5-13-24/h1-3,6-11,17H,4-5,12-13H2/t17-/m0/s1. The highest BCUT2D eigenvalue weighted by Gasteiger charge is 2.30. The molecular formula is C20H18FN3O2S. The van der Waals surface area contributed by atoms with Crippen LogP contribution in [0.3, 0.4) is 0 Å². The third kappa shape index (κ3) is 4.03. The maximum absolute atomic E-state index is 13.1. The lowest BCUT2D eigenvalue weighted by Gasteiger charge is -2.22. The summed E-state index contributed by atoms with van der Waals surface area (Å²) in [5, 5.41) is 7.98. The Bertz CT molecular complexity index is 908. The van der Waals surface area contributed by atoms with Crippen LogP contribution in [0.2, 0.25) is 0 Å². The van der Waals surface area contributed by atoms with E-state index in [2.05, 4.69) is 10.2 Å². The molecule has 0 N–H and O–H groups in total. The van der Waals surface area contributed by atoms with Crippen LogP contribution in [0.5, 0.6) is 0 Å². The van der Waals surface area contributed by atoms with Gasteiger partial charge in [-0.2, -0.15) is 0 Å². The number of rotatable bonds is 5. The first-order valence-electron chi connectivity index (χ1n) is 8.80. The van der Waals surface area contributed by atoms with E-state index in [0.717, 1.165) is 31.5 Å². The van der Waals surface area contributed by atoms with Crippen LogP contribution in [0, 0.1) is 5.82 Å². The van der Waals surface area contributed by atoms with E-state index in [-0.39, 0.29) is 11.7 Å². The highest BCUT2D eigenvalue weighted by Crippen LogP contribution is 2.37. The van der Waals surface area contributed by atoms with Crippen molar-refractivity contribution < 1.29 is 13.6 Å². The zero-order valence-electron chi connectivity index (χ0n) is 14.5. The minimum atomic E-state index is -0.439. The summed E-state index contributed by atoms with van der Waals surface area (Å²) in [6.07, 6.45) is 2.07. The van der Waals surface area contributed by atoms with E-state index >= 15 is 0 Å². The van der Waals surface area contributed by atoms with Crippen LogP contribution in [0.15, 0.2) is 64.2 Å². The Kier molecular flexibility index (Phi) is 5.20. The van der Waals surface area contributed by atoms with Gasteiger partial charge in [0.25, 0.3) is 5.22 Å². The molecular weight excluding hydrogens is 365 g/mol. The molecule has 3 aromatic rings. The third-order valence-corrected chi connectivity index (χ3v) is 5.54. The topological polar surface area (TPSA) is 59.2 Å². The number of nitrogens with zero attached hydrogens (tertiary/aromatic N) is 3. The van der Waals surface area contributed by atoms with Gasteiger partial charge in [0.2, 0.25) is 11.8 Å². The number of carbonyl (C=O) groups excluding carboxylic acids is 1. The SMILES string of the molecule is O=C([C@@H](Sc1nnc(-c2ccc(F)cc2)o1)c1ccccc1)N1CCCC1. The molecule has 1 fully saturated rings. The van der Waals surface area contributed by atoms with Gasteiger partial charge in [0, 0.05) is 18.7 Å². The Hall–Kier alpha value is -2.67. The number of halogens is 1. The smallest absolute Gasteiger partial charge is 0.277 e. The molecule has 5 nitrogen and oxygen atoms in total. The molecule has 2 heterocycles. The first-order valence-corrected chi connectivity index (χ1v) is 9.68. The lowest BCUT2D eigenvalue weighted by molar-refractivity contribution is -0.129. The summed E-state index contributed by atoms with van der Waals surface area (Å²) in [7, 11) is 0. The molecule has 1 aliphatic heterocycles. The average Bonchev–Trinajstić information content (AvgIpc) is 3.39. The molecule has 1 saturated heterocycles. The molecule has 138 valence electrons. The van der Waals surface area contributed by atoms with Gasteiger partial charge in [0.1, 0.15) is 11.1 Å². The molecule has 0 bridgehead atoms. The summed E-state index contributed by atoms with van der Waals surface area (Å²) in [5.41, 5.74) is 1.54. The Morgan fingerprint density at radius 1 is 1.04 bits per heavy atom. The molecule has 0 radical (unpaired) electrons. The highest BCUT2D eigenvalue weighted by molar-refractivity contribution is 8.00. The minimum absolute atomic E-state index is 0.0604. The van der Waals surface area contributed by atoms with Gasteiger partial charge in [-0.1, -0.05) is 30.3 Å². The fourth-order valence-electron chi connectivity index (χ4n) is 3.06. The lowest BCUT2D eigenvalue weighted by Crippen LogP contribution is -2.31. The van der Waals surface area contributed by atoms with Crippen LogP contribution < -0.4 is 0 Å². The second-order valence-corrected chi connectivity index (χ2v) is 7.38. The summed E-state index contributed by atoms with van der Waals surface area (Å²) >= 11 is 1.25. The quantitative estimate of drug-likeness (QED) is 0.614.